The van der Waals surface area contributed by atoms with Crippen LogP contribution in [0.3, 0.4) is 0 Å². The highest BCUT2D eigenvalue weighted by atomic mass is 79.9. The number of hydrogen-bond acceptors (Lipinski definition) is 5. The Morgan fingerprint density at radius 2 is 2.11 bits per heavy atom. The monoisotopic (exact) mass is 314 g/mol. The fourth-order valence-corrected chi connectivity index (χ4v) is 2.49. The molecule has 5 nitrogen and oxygen atoms in total. The third-order valence-electron chi connectivity index (χ3n) is 3.45. The van der Waals surface area contributed by atoms with E-state index in [1.807, 2.05) is 7.05 Å². The molecule has 6 heteroatoms. The predicted octanol–water partition coefficient (Wildman–Crippen LogP) is 2.51. The van der Waals surface area contributed by atoms with Gasteiger partial charge in [-0.2, -0.15) is 0 Å². The minimum absolute atomic E-state index is 0.403. The number of nitrogens with zero attached hydrogens (tertiary/aromatic N) is 2. The first-order valence-corrected chi connectivity index (χ1v) is 6.91. The van der Waals surface area contributed by atoms with Crippen molar-refractivity contribution >= 4 is 27.6 Å². The van der Waals surface area contributed by atoms with E-state index in [0.29, 0.717) is 5.41 Å². The maximum Gasteiger partial charge on any atom is 0.145 e. The molecular formula is C12H19BrN4O. The molecule has 0 bridgehead atoms. The SMILES string of the molecule is CNc1ncnc(NCC2(CCOC)CC2)c1Br. The van der Waals surface area contributed by atoms with Crippen molar-refractivity contribution in [1.29, 1.82) is 0 Å². The molecule has 1 aliphatic rings. The molecule has 0 unspecified atom stereocenters. The van der Waals surface area contributed by atoms with E-state index >= 15 is 0 Å². The topological polar surface area (TPSA) is 59.1 Å². The van der Waals surface area contributed by atoms with Gasteiger partial charge in [0.1, 0.15) is 22.4 Å². The zero-order valence-corrected chi connectivity index (χ0v) is 12.4. The molecule has 18 heavy (non-hydrogen) atoms. The van der Waals surface area contributed by atoms with Gasteiger partial charge < -0.3 is 15.4 Å². The predicted molar refractivity (Wildman–Crippen MR) is 75.9 cm³/mol. The molecular weight excluding hydrogens is 296 g/mol. The Balaban J connectivity index is 1.94. The van der Waals surface area contributed by atoms with Crippen LogP contribution in [0.4, 0.5) is 11.6 Å². The summed E-state index contributed by atoms with van der Waals surface area (Å²) < 4.78 is 6.04. The highest BCUT2D eigenvalue weighted by molar-refractivity contribution is 9.10. The van der Waals surface area contributed by atoms with E-state index in [0.717, 1.165) is 35.7 Å². The van der Waals surface area contributed by atoms with Gasteiger partial charge in [-0.25, -0.2) is 9.97 Å². The van der Waals surface area contributed by atoms with Gasteiger partial charge in [-0.15, -0.1) is 0 Å². The van der Waals surface area contributed by atoms with E-state index in [1.165, 1.54) is 12.8 Å². The van der Waals surface area contributed by atoms with Crippen LogP contribution in [0.5, 0.6) is 0 Å². The first kappa shape index (κ1) is 13.5. The van der Waals surface area contributed by atoms with Crippen molar-refractivity contribution in [2.24, 2.45) is 5.41 Å². The molecule has 1 saturated carbocycles. The van der Waals surface area contributed by atoms with Gasteiger partial charge in [0.2, 0.25) is 0 Å². The van der Waals surface area contributed by atoms with Gasteiger partial charge in [-0.1, -0.05) is 0 Å². The summed E-state index contributed by atoms with van der Waals surface area (Å²) in [6.45, 7) is 1.77. The third kappa shape index (κ3) is 3.11. The quantitative estimate of drug-likeness (QED) is 0.810. The third-order valence-corrected chi connectivity index (χ3v) is 4.20. The number of aromatic nitrogens is 2. The summed E-state index contributed by atoms with van der Waals surface area (Å²) in [7, 11) is 3.60. The number of anilines is 2. The Hall–Kier alpha value is -0.880. The van der Waals surface area contributed by atoms with E-state index in [2.05, 4.69) is 36.5 Å². The number of ether oxygens (including phenoxy) is 1. The smallest absolute Gasteiger partial charge is 0.145 e. The second kappa shape index (κ2) is 5.84. The molecule has 2 N–H and O–H groups in total. The van der Waals surface area contributed by atoms with Gasteiger partial charge in [-0.05, 0) is 40.6 Å². The number of hydrogen-bond donors (Lipinski definition) is 2. The van der Waals surface area contributed by atoms with Crippen molar-refractivity contribution in [3.8, 4) is 0 Å². The average molecular weight is 315 g/mol. The fraction of sp³-hybridized carbons (Fsp3) is 0.667. The zero-order chi connectivity index (χ0) is 13.0. The van der Waals surface area contributed by atoms with Crippen molar-refractivity contribution < 1.29 is 4.74 Å². The van der Waals surface area contributed by atoms with Gasteiger partial charge in [0.25, 0.3) is 0 Å². The van der Waals surface area contributed by atoms with E-state index in [4.69, 9.17) is 4.74 Å². The summed E-state index contributed by atoms with van der Waals surface area (Å²) in [4.78, 5) is 8.40. The minimum atomic E-state index is 0.403. The Bertz CT molecular complexity index is 409. The van der Waals surface area contributed by atoms with Crippen LogP contribution in [-0.2, 0) is 4.74 Å². The standard InChI is InChI=1S/C12H19BrN4O/c1-14-10-9(13)11(17-8-16-10)15-7-12(3-4-12)5-6-18-2/h8H,3-7H2,1-2H3,(H2,14,15,16,17). The van der Waals surface area contributed by atoms with E-state index in [9.17, 15) is 0 Å². The van der Waals surface area contributed by atoms with Crippen LogP contribution in [0.15, 0.2) is 10.8 Å². The second-order valence-electron chi connectivity index (χ2n) is 4.73. The Kier molecular flexibility index (Phi) is 4.40. The molecule has 1 heterocycles. The van der Waals surface area contributed by atoms with Crippen LogP contribution in [-0.4, -0.2) is 37.3 Å². The summed E-state index contributed by atoms with van der Waals surface area (Å²) in [5.41, 5.74) is 0.403. The molecule has 0 radical (unpaired) electrons. The molecule has 0 aromatic carbocycles. The van der Waals surface area contributed by atoms with E-state index < -0.39 is 0 Å². The van der Waals surface area contributed by atoms with Crippen molar-refractivity contribution in [3.05, 3.63) is 10.8 Å². The van der Waals surface area contributed by atoms with Crippen LogP contribution in [0.2, 0.25) is 0 Å². The molecule has 0 saturated heterocycles. The van der Waals surface area contributed by atoms with Crippen molar-refractivity contribution in [2.75, 3.05) is 37.9 Å². The van der Waals surface area contributed by atoms with Crippen molar-refractivity contribution in [1.82, 2.24) is 9.97 Å². The first-order chi connectivity index (χ1) is 8.71. The van der Waals surface area contributed by atoms with E-state index in [1.54, 1.807) is 13.4 Å². The largest absolute Gasteiger partial charge is 0.385 e. The number of methoxy groups -OCH3 is 1. The van der Waals surface area contributed by atoms with Crippen LogP contribution >= 0.6 is 15.9 Å². The van der Waals surface area contributed by atoms with Crippen LogP contribution in [0.25, 0.3) is 0 Å². The van der Waals surface area contributed by atoms with Crippen LogP contribution in [0, 0.1) is 5.41 Å². The summed E-state index contributed by atoms with van der Waals surface area (Å²) in [5, 5.41) is 6.43. The van der Waals surface area contributed by atoms with Crippen molar-refractivity contribution in [3.63, 3.8) is 0 Å². The first-order valence-electron chi connectivity index (χ1n) is 6.12. The molecule has 100 valence electrons. The molecule has 1 fully saturated rings. The van der Waals surface area contributed by atoms with Gasteiger partial charge >= 0.3 is 0 Å². The lowest BCUT2D eigenvalue weighted by Gasteiger charge is -2.17. The normalized spacial score (nSPS) is 16.4. The zero-order valence-electron chi connectivity index (χ0n) is 10.8. The second-order valence-corrected chi connectivity index (χ2v) is 5.52. The van der Waals surface area contributed by atoms with Gasteiger partial charge in [-0.3, -0.25) is 0 Å². The van der Waals surface area contributed by atoms with Crippen LogP contribution < -0.4 is 10.6 Å². The fourth-order valence-electron chi connectivity index (χ4n) is 1.95. The van der Waals surface area contributed by atoms with E-state index in [-0.39, 0.29) is 0 Å². The van der Waals surface area contributed by atoms with Gasteiger partial charge in [0, 0.05) is 27.3 Å². The van der Waals surface area contributed by atoms with Crippen LogP contribution in [0.1, 0.15) is 19.3 Å². The molecule has 2 rings (SSSR count). The summed E-state index contributed by atoms with van der Waals surface area (Å²) in [6, 6.07) is 0. The molecule has 1 aliphatic carbocycles. The minimum Gasteiger partial charge on any atom is -0.385 e. The Morgan fingerprint density at radius 1 is 1.39 bits per heavy atom. The average Bonchev–Trinajstić information content (AvgIpc) is 3.16. The highest BCUT2D eigenvalue weighted by Gasteiger charge is 2.41. The molecule has 0 spiro atoms. The highest BCUT2D eigenvalue weighted by Crippen LogP contribution is 2.48. The van der Waals surface area contributed by atoms with Gasteiger partial charge in [0.15, 0.2) is 0 Å². The number of halogens is 1. The number of rotatable bonds is 7. The molecule has 0 amide bonds. The summed E-state index contributed by atoms with van der Waals surface area (Å²) in [6.07, 6.45) is 5.21. The Morgan fingerprint density at radius 3 is 2.72 bits per heavy atom. The molecule has 0 aliphatic heterocycles. The van der Waals surface area contributed by atoms with Gasteiger partial charge in [0.05, 0.1) is 0 Å². The maximum absolute atomic E-state index is 5.16. The van der Waals surface area contributed by atoms with Crippen molar-refractivity contribution in [2.45, 2.75) is 19.3 Å². The molecule has 1 aromatic heterocycles. The number of nitrogens with one attached hydrogen (secondary N) is 2. The summed E-state index contributed by atoms with van der Waals surface area (Å²) in [5.74, 6) is 1.65. The lowest BCUT2D eigenvalue weighted by molar-refractivity contribution is 0.175. The molecule has 1 aromatic rings. The lowest BCUT2D eigenvalue weighted by atomic mass is 10.0. The summed E-state index contributed by atoms with van der Waals surface area (Å²) >= 11 is 3.51. The lowest BCUT2D eigenvalue weighted by Crippen LogP contribution is -2.18. The molecule has 0 atom stereocenters. The maximum atomic E-state index is 5.16. The Labute approximate surface area is 116 Å².